The van der Waals surface area contributed by atoms with Gasteiger partial charge in [0.25, 0.3) is 0 Å². The highest BCUT2D eigenvalue weighted by Gasteiger charge is 2.28. The molecule has 0 aromatic carbocycles. The van der Waals surface area contributed by atoms with Gasteiger partial charge in [0.1, 0.15) is 5.76 Å². The maximum Gasteiger partial charge on any atom is 0.120 e. The molecule has 2 rings (SSSR count). The van der Waals surface area contributed by atoms with Crippen molar-refractivity contribution in [1.29, 1.82) is 0 Å². The van der Waals surface area contributed by atoms with Crippen LogP contribution in [-0.4, -0.2) is 17.3 Å². The van der Waals surface area contributed by atoms with Crippen LogP contribution in [-0.2, 0) is 0 Å². The average molecular weight is 237 g/mol. The van der Waals surface area contributed by atoms with E-state index in [2.05, 4.69) is 12.2 Å². The number of aliphatic hydroxyl groups is 1. The highest BCUT2D eigenvalue weighted by molar-refractivity contribution is 5.03. The summed E-state index contributed by atoms with van der Waals surface area (Å²) in [6.07, 6.45) is 8.34. The topological polar surface area (TPSA) is 45.4 Å². The van der Waals surface area contributed by atoms with Crippen LogP contribution in [0.3, 0.4) is 0 Å². The Morgan fingerprint density at radius 2 is 2.06 bits per heavy atom. The SMILES string of the molecule is C[C@@H](NCC1(O)CCCCCC1)c1ccco1. The molecule has 96 valence electrons. The quantitative estimate of drug-likeness (QED) is 0.791. The van der Waals surface area contributed by atoms with E-state index in [0.717, 1.165) is 31.4 Å². The smallest absolute Gasteiger partial charge is 0.120 e. The van der Waals surface area contributed by atoms with Gasteiger partial charge in [-0.05, 0) is 31.9 Å². The van der Waals surface area contributed by atoms with Gasteiger partial charge in [0.15, 0.2) is 0 Å². The second-order valence-corrected chi connectivity index (χ2v) is 5.26. The summed E-state index contributed by atoms with van der Waals surface area (Å²) in [5.74, 6) is 0.933. The molecule has 0 aliphatic heterocycles. The standard InChI is InChI=1S/C14H23NO2/c1-12(13-7-6-10-17-13)15-11-14(16)8-4-2-3-5-9-14/h6-7,10,12,15-16H,2-5,8-9,11H2,1H3/t12-/m1/s1. The predicted octanol–water partition coefficient (Wildman–Crippen LogP) is 3.02. The summed E-state index contributed by atoms with van der Waals surface area (Å²) in [6, 6.07) is 4.03. The first kappa shape index (κ1) is 12.7. The van der Waals surface area contributed by atoms with Crippen molar-refractivity contribution in [3.63, 3.8) is 0 Å². The summed E-state index contributed by atoms with van der Waals surface area (Å²) in [5, 5.41) is 13.9. The van der Waals surface area contributed by atoms with Gasteiger partial charge in [-0.25, -0.2) is 0 Å². The molecule has 3 heteroatoms. The first-order valence-electron chi connectivity index (χ1n) is 6.69. The van der Waals surface area contributed by atoms with Gasteiger partial charge in [-0.1, -0.05) is 25.7 Å². The molecule has 0 radical (unpaired) electrons. The monoisotopic (exact) mass is 237 g/mol. The summed E-state index contributed by atoms with van der Waals surface area (Å²) in [6.45, 7) is 2.73. The fraction of sp³-hybridized carbons (Fsp3) is 0.714. The Labute approximate surface area is 103 Å². The van der Waals surface area contributed by atoms with Crippen LogP contribution in [0.5, 0.6) is 0 Å². The molecule has 1 heterocycles. The molecule has 0 amide bonds. The molecule has 0 spiro atoms. The second-order valence-electron chi connectivity index (χ2n) is 5.26. The number of nitrogens with one attached hydrogen (secondary N) is 1. The van der Waals surface area contributed by atoms with Crippen LogP contribution in [0.4, 0.5) is 0 Å². The van der Waals surface area contributed by atoms with Gasteiger partial charge in [0.2, 0.25) is 0 Å². The van der Waals surface area contributed by atoms with Crippen molar-refractivity contribution in [3.05, 3.63) is 24.2 Å². The van der Waals surface area contributed by atoms with E-state index in [1.165, 1.54) is 12.8 Å². The Balaban J connectivity index is 1.84. The lowest BCUT2D eigenvalue weighted by atomic mass is 9.94. The van der Waals surface area contributed by atoms with Crippen molar-refractivity contribution < 1.29 is 9.52 Å². The number of hydrogen-bond acceptors (Lipinski definition) is 3. The van der Waals surface area contributed by atoms with Gasteiger partial charge >= 0.3 is 0 Å². The van der Waals surface area contributed by atoms with Gasteiger partial charge in [0.05, 0.1) is 17.9 Å². The van der Waals surface area contributed by atoms with Crippen LogP contribution in [0.1, 0.15) is 57.3 Å². The van der Waals surface area contributed by atoms with Gasteiger partial charge in [-0.3, -0.25) is 0 Å². The molecule has 1 aromatic heterocycles. The van der Waals surface area contributed by atoms with E-state index in [1.54, 1.807) is 6.26 Å². The van der Waals surface area contributed by atoms with E-state index in [1.807, 2.05) is 12.1 Å². The lowest BCUT2D eigenvalue weighted by Crippen LogP contribution is -2.41. The maximum absolute atomic E-state index is 10.5. The molecule has 0 unspecified atom stereocenters. The molecule has 1 fully saturated rings. The zero-order chi connectivity index (χ0) is 12.1. The number of rotatable bonds is 4. The minimum Gasteiger partial charge on any atom is -0.468 e. The fourth-order valence-corrected chi connectivity index (χ4v) is 2.54. The Morgan fingerprint density at radius 1 is 1.35 bits per heavy atom. The molecule has 1 saturated carbocycles. The van der Waals surface area contributed by atoms with Gasteiger partial charge < -0.3 is 14.8 Å². The summed E-state index contributed by atoms with van der Waals surface area (Å²) in [5.41, 5.74) is -0.517. The maximum atomic E-state index is 10.5. The summed E-state index contributed by atoms with van der Waals surface area (Å²) >= 11 is 0. The third kappa shape index (κ3) is 3.58. The minimum atomic E-state index is -0.517. The Bertz CT molecular complexity index is 313. The van der Waals surface area contributed by atoms with Crippen molar-refractivity contribution in [3.8, 4) is 0 Å². The highest BCUT2D eigenvalue weighted by Crippen LogP contribution is 2.27. The van der Waals surface area contributed by atoms with Crippen molar-refractivity contribution in [2.75, 3.05) is 6.54 Å². The van der Waals surface area contributed by atoms with Gasteiger partial charge in [0, 0.05) is 6.54 Å². The largest absolute Gasteiger partial charge is 0.468 e. The molecule has 2 N–H and O–H groups in total. The Hall–Kier alpha value is -0.800. The first-order valence-corrected chi connectivity index (χ1v) is 6.69. The zero-order valence-electron chi connectivity index (χ0n) is 10.6. The highest BCUT2D eigenvalue weighted by atomic mass is 16.3. The van der Waals surface area contributed by atoms with Crippen molar-refractivity contribution in [2.24, 2.45) is 0 Å². The van der Waals surface area contributed by atoms with Crippen molar-refractivity contribution in [2.45, 2.75) is 57.1 Å². The van der Waals surface area contributed by atoms with Crippen LogP contribution in [0.25, 0.3) is 0 Å². The molecule has 1 aliphatic carbocycles. The van der Waals surface area contributed by atoms with E-state index in [9.17, 15) is 5.11 Å². The van der Waals surface area contributed by atoms with E-state index < -0.39 is 5.60 Å². The van der Waals surface area contributed by atoms with Crippen LogP contribution in [0.15, 0.2) is 22.8 Å². The van der Waals surface area contributed by atoms with Crippen LogP contribution < -0.4 is 5.32 Å². The minimum absolute atomic E-state index is 0.164. The molecule has 0 bridgehead atoms. The van der Waals surface area contributed by atoms with E-state index in [-0.39, 0.29) is 6.04 Å². The van der Waals surface area contributed by atoms with Crippen LogP contribution in [0.2, 0.25) is 0 Å². The number of hydrogen-bond donors (Lipinski definition) is 2. The van der Waals surface area contributed by atoms with E-state index >= 15 is 0 Å². The summed E-state index contributed by atoms with van der Waals surface area (Å²) in [7, 11) is 0. The third-order valence-electron chi connectivity index (χ3n) is 3.74. The normalized spacial score (nSPS) is 22.0. The lowest BCUT2D eigenvalue weighted by Gasteiger charge is -2.28. The first-order chi connectivity index (χ1) is 8.20. The van der Waals surface area contributed by atoms with E-state index in [0.29, 0.717) is 6.54 Å². The average Bonchev–Trinajstić information content (AvgIpc) is 2.77. The molecule has 0 saturated heterocycles. The lowest BCUT2D eigenvalue weighted by molar-refractivity contribution is 0.0226. The van der Waals surface area contributed by atoms with Crippen molar-refractivity contribution >= 4 is 0 Å². The Morgan fingerprint density at radius 3 is 2.65 bits per heavy atom. The van der Waals surface area contributed by atoms with Crippen LogP contribution in [0, 0.1) is 0 Å². The molecular weight excluding hydrogens is 214 g/mol. The van der Waals surface area contributed by atoms with Crippen LogP contribution >= 0.6 is 0 Å². The predicted molar refractivity (Wildman–Crippen MR) is 67.8 cm³/mol. The van der Waals surface area contributed by atoms with Gasteiger partial charge in [-0.2, -0.15) is 0 Å². The number of furan rings is 1. The third-order valence-corrected chi connectivity index (χ3v) is 3.74. The molecule has 3 nitrogen and oxygen atoms in total. The molecule has 1 aliphatic rings. The second kappa shape index (κ2) is 5.69. The van der Waals surface area contributed by atoms with E-state index in [4.69, 9.17) is 4.42 Å². The summed E-state index contributed by atoms with van der Waals surface area (Å²) < 4.78 is 5.35. The van der Waals surface area contributed by atoms with Gasteiger partial charge in [-0.15, -0.1) is 0 Å². The van der Waals surface area contributed by atoms with Crippen molar-refractivity contribution in [1.82, 2.24) is 5.32 Å². The molecule has 17 heavy (non-hydrogen) atoms. The zero-order valence-corrected chi connectivity index (χ0v) is 10.6. The fourth-order valence-electron chi connectivity index (χ4n) is 2.54. The summed E-state index contributed by atoms with van der Waals surface area (Å²) in [4.78, 5) is 0. The Kier molecular flexibility index (Phi) is 4.24. The molecule has 1 atom stereocenters. The molecule has 1 aromatic rings. The molecular formula is C14H23NO2.